The summed E-state index contributed by atoms with van der Waals surface area (Å²) in [6.07, 6.45) is 0. The van der Waals surface area contributed by atoms with Crippen LogP contribution in [0.4, 0.5) is 0 Å². The Morgan fingerprint density at radius 1 is 0.862 bits per heavy atom. The summed E-state index contributed by atoms with van der Waals surface area (Å²) < 4.78 is 21.4. The number of carbonyl (C=O) groups excluding carboxylic acids is 2. The molecule has 0 aliphatic heterocycles. The zero-order valence-electron chi connectivity index (χ0n) is 17.2. The molecule has 0 aliphatic carbocycles. The lowest BCUT2D eigenvalue weighted by atomic mass is 10.1. The third-order valence-corrected chi connectivity index (χ3v) is 3.92. The van der Waals surface area contributed by atoms with Crippen molar-refractivity contribution < 1.29 is 28.5 Å². The largest absolute Gasteiger partial charge is 0.493 e. The second-order valence-corrected chi connectivity index (χ2v) is 6.52. The molecule has 0 unspecified atom stereocenters. The molecule has 0 saturated heterocycles. The molecule has 156 valence electrons. The van der Waals surface area contributed by atoms with Gasteiger partial charge in [-0.15, -0.1) is 0 Å². The summed E-state index contributed by atoms with van der Waals surface area (Å²) in [6, 6.07) is 9.80. The van der Waals surface area contributed by atoms with Gasteiger partial charge >= 0.3 is 0 Å². The molecule has 2 aromatic rings. The Kier molecular flexibility index (Phi) is 7.70. The molecule has 29 heavy (non-hydrogen) atoms. The molecule has 0 fully saturated rings. The van der Waals surface area contributed by atoms with E-state index in [4.69, 9.17) is 18.9 Å². The highest BCUT2D eigenvalue weighted by molar-refractivity contribution is 6.01. The van der Waals surface area contributed by atoms with Crippen LogP contribution in [0.25, 0.3) is 0 Å². The van der Waals surface area contributed by atoms with Gasteiger partial charge in [-0.1, -0.05) is 26.0 Å². The second-order valence-electron chi connectivity index (χ2n) is 6.52. The maximum Gasteiger partial charge on any atom is 0.273 e. The minimum absolute atomic E-state index is 0.226. The van der Waals surface area contributed by atoms with Crippen LogP contribution in [-0.2, 0) is 0 Å². The van der Waals surface area contributed by atoms with Gasteiger partial charge < -0.3 is 18.9 Å². The van der Waals surface area contributed by atoms with E-state index in [1.165, 1.54) is 33.5 Å². The zero-order valence-corrected chi connectivity index (χ0v) is 17.2. The Bertz CT molecular complexity index is 841. The van der Waals surface area contributed by atoms with Gasteiger partial charge in [0.25, 0.3) is 11.8 Å². The van der Waals surface area contributed by atoms with Crippen molar-refractivity contribution in [1.29, 1.82) is 0 Å². The van der Waals surface area contributed by atoms with E-state index in [2.05, 4.69) is 10.9 Å². The Morgan fingerprint density at radius 2 is 1.45 bits per heavy atom. The van der Waals surface area contributed by atoms with Crippen molar-refractivity contribution >= 4 is 11.8 Å². The fourth-order valence-corrected chi connectivity index (χ4v) is 2.50. The number of hydrazine groups is 1. The van der Waals surface area contributed by atoms with Crippen LogP contribution in [0.15, 0.2) is 36.4 Å². The third kappa shape index (κ3) is 5.54. The third-order valence-electron chi connectivity index (χ3n) is 3.92. The molecule has 0 saturated carbocycles. The lowest BCUT2D eigenvalue weighted by Gasteiger charge is -2.15. The van der Waals surface area contributed by atoms with E-state index < -0.39 is 11.8 Å². The highest BCUT2D eigenvalue weighted by Gasteiger charge is 2.18. The maximum atomic E-state index is 12.5. The highest BCUT2D eigenvalue weighted by Crippen LogP contribution is 2.38. The van der Waals surface area contributed by atoms with E-state index >= 15 is 0 Å². The minimum atomic E-state index is -0.543. The van der Waals surface area contributed by atoms with Crippen LogP contribution in [-0.4, -0.2) is 39.8 Å². The van der Waals surface area contributed by atoms with E-state index in [-0.39, 0.29) is 5.56 Å². The monoisotopic (exact) mass is 402 g/mol. The lowest BCUT2D eigenvalue weighted by Crippen LogP contribution is -2.41. The van der Waals surface area contributed by atoms with Crippen molar-refractivity contribution in [2.45, 2.75) is 13.8 Å². The predicted octanol–water partition coefficient (Wildman–Crippen LogP) is 2.82. The molecular formula is C21H26N2O6. The van der Waals surface area contributed by atoms with Crippen LogP contribution in [0.5, 0.6) is 23.0 Å². The number of rotatable bonds is 8. The van der Waals surface area contributed by atoms with Crippen molar-refractivity contribution in [3.8, 4) is 23.0 Å². The van der Waals surface area contributed by atoms with E-state index in [1.54, 1.807) is 24.3 Å². The molecule has 2 amide bonds. The van der Waals surface area contributed by atoms with Crippen molar-refractivity contribution in [3.63, 3.8) is 0 Å². The standard InChI is InChI=1S/C21H26N2O6/c1-13(2)12-29-16-9-7-6-8-15(16)21(25)23-22-20(24)14-10-17(26-3)19(28-5)18(11-14)27-4/h6-11,13H,12H2,1-5H3,(H,22,24)(H,23,25). The molecule has 8 nitrogen and oxygen atoms in total. The molecule has 0 aromatic heterocycles. The zero-order chi connectivity index (χ0) is 21.4. The van der Waals surface area contributed by atoms with Gasteiger partial charge in [-0.3, -0.25) is 20.4 Å². The number of ether oxygens (including phenoxy) is 4. The molecule has 2 rings (SSSR count). The first kappa shape index (κ1) is 21.9. The van der Waals surface area contributed by atoms with Gasteiger partial charge in [-0.2, -0.15) is 0 Å². The number of methoxy groups -OCH3 is 3. The van der Waals surface area contributed by atoms with Crippen molar-refractivity contribution in [1.82, 2.24) is 10.9 Å². The smallest absolute Gasteiger partial charge is 0.273 e. The average Bonchev–Trinajstić information content (AvgIpc) is 2.74. The number of hydrogen-bond donors (Lipinski definition) is 2. The first-order valence-corrected chi connectivity index (χ1v) is 9.03. The fraction of sp³-hybridized carbons (Fsp3) is 0.333. The fourth-order valence-electron chi connectivity index (χ4n) is 2.50. The number of benzene rings is 2. The van der Waals surface area contributed by atoms with Crippen LogP contribution in [0.2, 0.25) is 0 Å². The first-order valence-electron chi connectivity index (χ1n) is 9.03. The van der Waals surface area contributed by atoms with Gasteiger partial charge in [0, 0.05) is 5.56 Å². The van der Waals surface area contributed by atoms with Crippen molar-refractivity contribution in [2.75, 3.05) is 27.9 Å². The predicted molar refractivity (Wildman–Crippen MR) is 108 cm³/mol. The Balaban J connectivity index is 2.12. The molecule has 0 aliphatic rings. The number of para-hydroxylation sites is 1. The van der Waals surface area contributed by atoms with Gasteiger partial charge in [0.1, 0.15) is 5.75 Å². The molecule has 0 atom stereocenters. The summed E-state index contributed by atoms with van der Waals surface area (Å²) in [5, 5.41) is 0. The summed E-state index contributed by atoms with van der Waals surface area (Å²) in [4.78, 5) is 25.0. The van der Waals surface area contributed by atoms with Crippen molar-refractivity contribution in [2.24, 2.45) is 5.92 Å². The van der Waals surface area contributed by atoms with E-state index in [0.29, 0.717) is 41.1 Å². The summed E-state index contributed by atoms with van der Waals surface area (Å²) in [6.45, 7) is 4.50. The second kappa shape index (κ2) is 10.2. The van der Waals surface area contributed by atoms with Gasteiger partial charge in [0.05, 0.1) is 33.5 Å². The van der Waals surface area contributed by atoms with Crippen LogP contribution >= 0.6 is 0 Å². The minimum Gasteiger partial charge on any atom is -0.493 e. The molecular weight excluding hydrogens is 376 g/mol. The number of carbonyl (C=O) groups is 2. The number of hydrogen-bond acceptors (Lipinski definition) is 6. The average molecular weight is 402 g/mol. The normalized spacial score (nSPS) is 10.3. The van der Waals surface area contributed by atoms with Gasteiger partial charge in [0.15, 0.2) is 11.5 Å². The molecule has 2 aromatic carbocycles. The molecule has 0 heterocycles. The SMILES string of the molecule is COc1cc(C(=O)NNC(=O)c2ccccc2OCC(C)C)cc(OC)c1OC. The summed E-state index contributed by atoms with van der Waals surface area (Å²) >= 11 is 0. The van der Waals surface area contributed by atoms with Crippen LogP contribution < -0.4 is 29.8 Å². The first-order chi connectivity index (χ1) is 13.9. The van der Waals surface area contributed by atoms with E-state index in [1.807, 2.05) is 13.8 Å². The van der Waals surface area contributed by atoms with Crippen LogP contribution in [0.3, 0.4) is 0 Å². The van der Waals surface area contributed by atoms with Crippen LogP contribution in [0.1, 0.15) is 34.6 Å². The summed E-state index contributed by atoms with van der Waals surface area (Å²) in [5.41, 5.74) is 5.32. The molecule has 8 heteroatoms. The number of amides is 2. The number of nitrogens with one attached hydrogen (secondary N) is 2. The lowest BCUT2D eigenvalue weighted by molar-refractivity contribution is 0.0843. The molecule has 0 spiro atoms. The summed E-state index contributed by atoms with van der Waals surface area (Å²) in [5.74, 6) is 0.744. The van der Waals surface area contributed by atoms with Gasteiger partial charge in [-0.05, 0) is 30.2 Å². The highest BCUT2D eigenvalue weighted by atomic mass is 16.5. The quantitative estimate of drug-likeness (QED) is 0.660. The van der Waals surface area contributed by atoms with Gasteiger partial charge in [0.2, 0.25) is 5.75 Å². The van der Waals surface area contributed by atoms with Gasteiger partial charge in [-0.25, -0.2) is 0 Å². The van der Waals surface area contributed by atoms with Crippen molar-refractivity contribution in [3.05, 3.63) is 47.5 Å². The Hall–Kier alpha value is -3.42. The van der Waals surface area contributed by atoms with E-state index in [9.17, 15) is 9.59 Å². The van der Waals surface area contributed by atoms with E-state index in [0.717, 1.165) is 0 Å². The maximum absolute atomic E-state index is 12.5. The molecule has 0 bridgehead atoms. The molecule has 2 N–H and O–H groups in total. The molecule has 0 radical (unpaired) electrons. The summed E-state index contributed by atoms with van der Waals surface area (Å²) in [7, 11) is 4.38. The Morgan fingerprint density at radius 3 is 2.00 bits per heavy atom. The Labute approximate surface area is 170 Å². The van der Waals surface area contributed by atoms with Crippen LogP contribution in [0, 0.1) is 5.92 Å². The topological polar surface area (TPSA) is 95.1 Å².